The van der Waals surface area contributed by atoms with Crippen molar-refractivity contribution in [3.63, 3.8) is 0 Å². The lowest BCUT2D eigenvalue weighted by Crippen LogP contribution is -2.32. The first-order chi connectivity index (χ1) is 17.0. The number of rotatable bonds is 6. The van der Waals surface area contributed by atoms with E-state index in [4.69, 9.17) is 9.47 Å². The number of carbonyl (C=O) groups excluding carboxylic acids is 3. The van der Waals surface area contributed by atoms with E-state index in [0.29, 0.717) is 22.6 Å². The van der Waals surface area contributed by atoms with Gasteiger partial charge in [-0.2, -0.15) is 5.10 Å². The molecule has 35 heavy (non-hydrogen) atoms. The second-order valence-corrected chi connectivity index (χ2v) is 7.35. The van der Waals surface area contributed by atoms with E-state index in [-0.39, 0.29) is 5.75 Å². The highest BCUT2D eigenvalue weighted by atomic mass is 16.6. The van der Waals surface area contributed by atoms with Crippen molar-refractivity contribution in [3.8, 4) is 11.5 Å². The summed E-state index contributed by atoms with van der Waals surface area (Å²) in [6.07, 6.45) is 1.34. The monoisotopic (exact) mass is 467 g/mol. The Morgan fingerprint density at radius 1 is 0.800 bits per heavy atom. The van der Waals surface area contributed by atoms with Gasteiger partial charge < -0.3 is 14.8 Å². The number of anilines is 1. The number of ether oxygens (including phenoxy) is 2. The Balaban J connectivity index is 1.38. The highest BCUT2D eigenvalue weighted by molar-refractivity contribution is 6.40. The number of hydrazone groups is 1. The molecule has 0 bridgehead atoms. The molecule has 0 aliphatic carbocycles. The number of amides is 2. The lowest BCUT2D eigenvalue weighted by molar-refractivity contribution is -0.136. The standard InChI is InChI=1S/C27H21N3O5/c1-34-24-16-18(14-15-23(24)35-27(33)20-9-3-2-4-10-20)17-28-30-26(32)25(31)29-22-13-7-11-19-8-5-6-12-21(19)22/h2-17H,1H3,(H,29,31)(H,30,32)/b28-17-. The number of carbonyl (C=O) groups is 3. The van der Waals surface area contributed by atoms with Gasteiger partial charge in [0, 0.05) is 11.1 Å². The van der Waals surface area contributed by atoms with Crippen molar-refractivity contribution < 1.29 is 23.9 Å². The van der Waals surface area contributed by atoms with Crippen molar-refractivity contribution in [1.82, 2.24) is 5.43 Å². The van der Waals surface area contributed by atoms with E-state index in [1.54, 1.807) is 60.7 Å². The van der Waals surface area contributed by atoms with Crippen molar-refractivity contribution in [2.75, 3.05) is 12.4 Å². The minimum Gasteiger partial charge on any atom is -0.493 e. The van der Waals surface area contributed by atoms with Crippen LogP contribution in [0.5, 0.6) is 11.5 Å². The zero-order valence-electron chi connectivity index (χ0n) is 18.7. The smallest absolute Gasteiger partial charge is 0.343 e. The summed E-state index contributed by atoms with van der Waals surface area (Å²) < 4.78 is 10.7. The normalized spacial score (nSPS) is 10.7. The third-order valence-electron chi connectivity index (χ3n) is 5.02. The topological polar surface area (TPSA) is 106 Å². The SMILES string of the molecule is COc1cc(/C=N\NC(=O)C(=O)Nc2cccc3ccccc23)ccc1OC(=O)c1ccccc1. The lowest BCUT2D eigenvalue weighted by Gasteiger charge is -2.10. The number of benzene rings is 4. The Labute approximate surface area is 201 Å². The predicted molar refractivity (Wildman–Crippen MR) is 133 cm³/mol. The average molecular weight is 467 g/mol. The van der Waals surface area contributed by atoms with E-state index in [9.17, 15) is 14.4 Å². The van der Waals surface area contributed by atoms with Crippen LogP contribution in [-0.2, 0) is 9.59 Å². The molecular formula is C27H21N3O5. The van der Waals surface area contributed by atoms with Crippen molar-refractivity contribution >= 4 is 40.5 Å². The van der Waals surface area contributed by atoms with Crippen LogP contribution in [0.1, 0.15) is 15.9 Å². The van der Waals surface area contributed by atoms with E-state index in [0.717, 1.165) is 10.8 Å². The molecule has 0 unspecified atom stereocenters. The van der Waals surface area contributed by atoms with E-state index < -0.39 is 17.8 Å². The summed E-state index contributed by atoms with van der Waals surface area (Å²) in [7, 11) is 1.44. The van der Waals surface area contributed by atoms with Crippen LogP contribution < -0.4 is 20.2 Å². The molecule has 0 saturated heterocycles. The summed E-state index contributed by atoms with van der Waals surface area (Å²) in [5.41, 5.74) is 3.68. The molecule has 4 aromatic carbocycles. The van der Waals surface area contributed by atoms with Gasteiger partial charge in [-0.25, -0.2) is 10.2 Å². The number of nitrogens with one attached hydrogen (secondary N) is 2. The number of esters is 1. The quantitative estimate of drug-likeness (QED) is 0.146. The van der Waals surface area contributed by atoms with Crippen molar-refractivity contribution in [2.24, 2.45) is 5.10 Å². The van der Waals surface area contributed by atoms with Crippen molar-refractivity contribution in [1.29, 1.82) is 0 Å². The van der Waals surface area contributed by atoms with Crippen molar-refractivity contribution in [3.05, 3.63) is 102 Å². The van der Waals surface area contributed by atoms with Crippen LogP contribution in [0.2, 0.25) is 0 Å². The fraction of sp³-hybridized carbons (Fsp3) is 0.0370. The third kappa shape index (κ3) is 5.69. The molecule has 4 rings (SSSR count). The molecule has 0 heterocycles. The van der Waals surface area contributed by atoms with E-state index in [1.165, 1.54) is 13.3 Å². The molecule has 174 valence electrons. The second kappa shape index (κ2) is 10.8. The molecule has 2 N–H and O–H groups in total. The molecule has 0 spiro atoms. The highest BCUT2D eigenvalue weighted by Gasteiger charge is 2.15. The summed E-state index contributed by atoms with van der Waals surface area (Å²) in [6.45, 7) is 0. The molecule has 0 aliphatic rings. The fourth-order valence-electron chi connectivity index (χ4n) is 3.31. The Bertz CT molecular complexity index is 1410. The number of hydrogen-bond donors (Lipinski definition) is 2. The summed E-state index contributed by atoms with van der Waals surface area (Å²) in [6, 6.07) is 26.3. The van der Waals surface area contributed by atoms with Gasteiger partial charge in [-0.1, -0.05) is 54.6 Å². The molecule has 8 heteroatoms. The van der Waals surface area contributed by atoms with Crippen LogP contribution >= 0.6 is 0 Å². The maximum absolute atomic E-state index is 12.3. The largest absolute Gasteiger partial charge is 0.493 e. The second-order valence-electron chi connectivity index (χ2n) is 7.35. The van der Waals surface area contributed by atoms with Crippen LogP contribution in [0.25, 0.3) is 10.8 Å². The van der Waals surface area contributed by atoms with E-state index in [1.807, 2.05) is 30.3 Å². The number of methoxy groups -OCH3 is 1. The first kappa shape index (κ1) is 23.2. The molecule has 4 aromatic rings. The van der Waals surface area contributed by atoms with Crippen LogP contribution in [-0.4, -0.2) is 31.1 Å². The first-order valence-corrected chi connectivity index (χ1v) is 10.6. The minimum atomic E-state index is -0.922. The van der Waals surface area contributed by atoms with Gasteiger partial charge in [0.25, 0.3) is 0 Å². The van der Waals surface area contributed by atoms with Gasteiger partial charge in [-0.3, -0.25) is 9.59 Å². The Kier molecular flexibility index (Phi) is 7.13. The molecule has 0 fully saturated rings. The van der Waals surface area contributed by atoms with Gasteiger partial charge in [0.15, 0.2) is 11.5 Å². The summed E-state index contributed by atoms with van der Waals surface area (Å²) >= 11 is 0. The average Bonchev–Trinajstić information content (AvgIpc) is 2.90. The Morgan fingerprint density at radius 3 is 2.34 bits per heavy atom. The van der Waals surface area contributed by atoms with Crippen molar-refractivity contribution in [2.45, 2.75) is 0 Å². The molecule has 0 radical (unpaired) electrons. The summed E-state index contributed by atoms with van der Waals surface area (Å²) in [4.78, 5) is 36.8. The lowest BCUT2D eigenvalue weighted by atomic mass is 10.1. The summed E-state index contributed by atoms with van der Waals surface area (Å²) in [5.74, 6) is -1.75. The van der Waals surface area contributed by atoms with Gasteiger partial charge >= 0.3 is 17.8 Å². The summed E-state index contributed by atoms with van der Waals surface area (Å²) in [5, 5.41) is 8.19. The zero-order chi connectivity index (χ0) is 24.6. The van der Waals surface area contributed by atoms with E-state index >= 15 is 0 Å². The number of fused-ring (bicyclic) bond motifs is 1. The van der Waals surface area contributed by atoms with Gasteiger partial charge in [-0.15, -0.1) is 0 Å². The number of nitrogens with zero attached hydrogens (tertiary/aromatic N) is 1. The van der Waals surface area contributed by atoms with Gasteiger partial charge in [-0.05, 0) is 47.3 Å². The molecule has 0 aromatic heterocycles. The molecule has 0 atom stereocenters. The first-order valence-electron chi connectivity index (χ1n) is 10.6. The molecule has 0 saturated carbocycles. The van der Waals surface area contributed by atoms with Crippen LogP contribution in [0, 0.1) is 0 Å². The minimum absolute atomic E-state index is 0.233. The molecule has 0 aliphatic heterocycles. The van der Waals surface area contributed by atoms with E-state index in [2.05, 4.69) is 15.8 Å². The fourth-order valence-corrected chi connectivity index (χ4v) is 3.31. The van der Waals surface area contributed by atoms with Crippen LogP contribution in [0.4, 0.5) is 5.69 Å². The van der Waals surface area contributed by atoms with Crippen LogP contribution in [0.3, 0.4) is 0 Å². The third-order valence-corrected chi connectivity index (χ3v) is 5.02. The maximum atomic E-state index is 12.3. The number of hydrogen-bond acceptors (Lipinski definition) is 6. The van der Waals surface area contributed by atoms with Gasteiger partial charge in [0.2, 0.25) is 0 Å². The van der Waals surface area contributed by atoms with Crippen LogP contribution in [0.15, 0.2) is 96.1 Å². The Morgan fingerprint density at radius 2 is 1.54 bits per heavy atom. The predicted octanol–water partition coefficient (Wildman–Crippen LogP) is 4.16. The molecule has 8 nitrogen and oxygen atoms in total. The highest BCUT2D eigenvalue weighted by Crippen LogP contribution is 2.28. The maximum Gasteiger partial charge on any atom is 0.343 e. The zero-order valence-corrected chi connectivity index (χ0v) is 18.7. The molecule has 2 amide bonds. The molecular weight excluding hydrogens is 446 g/mol. The Hall–Kier alpha value is -4.98. The van der Waals surface area contributed by atoms with Gasteiger partial charge in [0.05, 0.1) is 18.9 Å². The van der Waals surface area contributed by atoms with Gasteiger partial charge in [0.1, 0.15) is 0 Å².